The summed E-state index contributed by atoms with van der Waals surface area (Å²) in [6, 6.07) is 18.3. The Morgan fingerprint density at radius 2 is 1.57 bits per heavy atom. The number of halogens is 3. The first-order valence-electron chi connectivity index (χ1n) is 13.0. The first-order chi connectivity index (χ1) is 18.7. The number of hydrogen-bond acceptors (Lipinski definition) is 5. The summed E-state index contributed by atoms with van der Waals surface area (Å²) >= 11 is 0. The van der Waals surface area contributed by atoms with Crippen LogP contribution in [0.3, 0.4) is 0 Å². The smallest absolute Gasteiger partial charge is 0.388 e. The van der Waals surface area contributed by atoms with Gasteiger partial charge in [0.15, 0.2) is 9.84 Å². The van der Waals surface area contributed by atoms with Gasteiger partial charge in [-0.1, -0.05) is 31.2 Å². The van der Waals surface area contributed by atoms with Crippen molar-refractivity contribution < 1.29 is 31.5 Å². The van der Waals surface area contributed by atoms with Crippen molar-refractivity contribution in [2.75, 3.05) is 17.2 Å². The monoisotopic (exact) mass is 574 g/mol. The Hall–Kier alpha value is -3.37. The average Bonchev–Trinajstić information content (AvgIpc) is 3.38. The molecular weight excluding hydrogens is 541 g/mol. The second kappa shape index (κ2) is 11.2. The van der Waals surface area contributed by atoms with Gasteiger partial charge in [0.05, 0.1) is 27.9 Å². The summed E-state index contributed by atoms with van der Waals surface area (Å²) in [5.74, 6) is -0.344. The Kier molecular flexibility index (Phi) is 8.33. The molecule has 214 valence electrons. The molecule has 1 aliphatic rings. The highest BCUT2D eigenvalue weighted by Crippen LogP contribution is 2.40. The zero-order chi connectivity index (χ0) is 29.3. The van der Waals surface area contributed by atoms with E-state index in [2.05, 4.69) is 5.32 Å². The Bertz CT molecular complexity index is 1430. The number of sulfone groups is 1. The number of carbonyl (C=O) groups excluding carboxylic acids is 1. The predicted molar refractivity (Wildman–Crippen MR) is 148 cm³/mol. The van der Waals surface area contributed by atoms with E-state index in [9.17, 15) is 31.5 Å². The van der Waals surface area contributed by atoms with Crippen molar-refractivity contribution >= 4 is 21.4 Å². The van der Waals surface area contributed by atoms with Crippen molar-refractivity contribution in [1.82, 2.24) is 5.32 Å². The number of carbonyl (C=O) groups is 1. The highest BCUT2D eigenvalue weighted by atomic mass is 32.2. The molecular formula is C30H33F3N2O4S. The van der Waals surface area contributed by atoms with E-state index in [1.165, 1.54) is 24.3 Å². The minimum Gasteiger partial charge on any atom is -0.388 e. The predicted octanol–water partition coefficient (Wildman–Crippen LogP) is 5.56. The molecule has 0 aliphatic carbocycles. The molecule has 1 heterocycles. The van der Waals surface area contributed by atoms with Gasteiger partial charge in [0.25, 0.3) is 5.91 Å². The summed E-state index contributed by atoms with van der Waals surface area (Å²) in [5.41, 5.74) is 1.02. The van der Waals surface area contributed by atoms with Gasteiger partial charge in [-0.25, -0.2) is 8.42 Å². The Morgan fingerprint density at radius 3 is 2.10 bits per heavy atom. The third kappa shape index (κ3) is 6.67. The molecule has 3 aromatic rings. The summed E-state index contributed by atoms with van der Waals surface area (Å²) in [5, 5.41) is 13.7. The van der Waals surface area contributed by atoms with Crippen LogP contribution in [-0.2, 0) is 22.6 Å². The van der Waals surface area contributed by atoms with Gasteiger partial charge < -0.3 is 15.3 Å². The average molecular weight is 575 g/mol. The van der Waals surface area contributed by atoms with E-state index in [4.69, 9.17) is 0 Å². The number of benzene rings is 3. The van der Waals surface area contributed by atoms with Crippen LogP contribution >= 0.6 is 0 Å². The fraction of sp³-hybridized carbons (Fsp3) is 0.367. The molecule has 6 nitrogen and oxygen atoms in total. The fourth-order valence-corrected chi connectivity index (χ4v) is 5.93. The van der Waals surface area contributed by atoms with E-state index in [0.717, 1.165) is 28.9 Å². The molecule has 0 spiro atoms. The summed E-state index contributed by atoms with van der Waals surface area (Å²) in [4.78, 5) is 15.0. The molecule has 1 aliphatic heterocycles. The number of alkyl halides is 3. The van der Waals surface area contributed by atoms with Gasteiger partial charge in [-0.15, -0.1) is 0 Å². The van der Waals surface area contributed by atoms with Crippen molar-refractivity contribution in [1.29, 1.82) is 0 Å². The maximum atomic E-state index is 13.0. The van der Waals surface area contributed by atoms with Crippen LogP contribution in [0.25, 0.3) is 0 Å². The van der Waals surface area contributed by atoms with Crippen LogP contribution in [0.4, 0.5) is 18.9 Å². The van der Waals surface area contributed by atoms with Crippen LogP contribution in [0.15, 0.2) is 77.7 Å². The zero-order valence-electron chi connectivity index (χ0n) is 22.6. The molecule has 4 rings (SSSR count). The van der Waals surface area contributed by atoms with Gasteiger partial charge in [0.2, 0.25) is 0 Å². The van der Waals surface area contributed by atoms with Gasteiger partial charge >= 0.3 is 6.18 Å². The van der Waals surface area contributed by atoms with Crippen molar-refractivity contribution in [3.05, 3.63) is 95.1 Å². The molecule has 0 radical (unpaired) electrons. The second-order valence-electron chi connectivity index (χ2n) is 10.7. The van der Waals surface area contributed by atoms with Gasteiger partial charge in [-0.3, -0.25) is 4.79 Å². The Labute approximate surface area is 232 Å². The van der Waals surface area contributed by atoms with Crippen LogP contribution in [0.5, 0.6) is 0 Å². The number of nitrogens with zero attached hydrogens (tertiary/aromatic N) is 1. The van der Waals surface area contributed by atoms with E-state index in [0.29, 0.717) is 18.5 Å². The second-order valence-corrected chi connectivity index (χ2v) is 12.9. The van der Waals surface area contributed by atoms with E-state index in [-0.39, 0.29) is 35.1 Å². The minimum absolute atomic E-state index is 0.0166. The molecule has 40 heavy (non-hydrogen) atoms. The van der Waals surface area contributed by atoms with Crippen LogP contribution < -0.4 is 10.2 Å². The van der Waals surface area contributed by atoms with Crippen molar-refractivity contribution in [2.24, 2.45) is 0 Å². The lowest BCUT2D eigenvalue weighted by Crippen LogP contribution is -2.45. The SMILES string of the molecule is CCS(=O)(=O)c1ccc(CNC(=O)c2ccc(N3CC(c4ccc(C(F)(F)F)cc4)CC3C(C)(C)O)cc2)cc1. The summed E-state index contributed by atoms with van der Waals surface area (Å²) < 4.78 is 62.9. The minimum atomic E-state index is -4.40. The first kappa shape index (κ1) is 29.6. The molecule has 2 atom stereocenters. The number of rotatable bonds is 8. The summed E-state index contributed by atoms with van der Waals surface area (Å²) in [7, 11) is -3.29. The number of amides is 1. The molecule has 1 amide bonds. The number of anilines is 1. The fourth-order valence-electron chi connectivity index (χ4n) is 5.05. The summed E-state index contributed by atoms with van der Waals surface area (Å²) in [6.45, 7) is 5.75. The van der Waals surface area contributed by atoms with E-state index < -0.39 is 27.2 Å². The molecule has 1 saturated heterocycles. The van der Waals surface area contributed by atoms with Crippen molar-refractivity contribution in [2.45, 2.75) is 62.4 Å². The molecule has 2 unspecified atom stereocenters. The lowest BCUT2D eigenvalue weighted by Gasteiger charge is -2.35. The highest BCUT2D eigenvalue weighted by Gasteiger charge is 2.41. The van der Waals surface area contributed by atoms with Crippen molar-refractivity contribution in [3.8, 4) is 0 Å². The molecule has 0 bridgehead atoms. The van der Waals surface area contributed by atoms with Crippen LogP contribution in [0, 0.1) is 0 Å². The number of hydrogen-bond donors (Lipinski definition) is 2. The van der Waals surface area contributed by atoms with Crippen molar-refractivity contribution in [3.63, 3.8) is 0 Å². The summed E-state index contributed by atoms with van der Waals surface area (Å²) in [6.07, 6.45) is -3.83. The molecule has 3 aromatic carbocycles. The largest absolute Gasteiger partial charge is 0.416 e. The maximum absolute atomic E-state index is 13.0. The van der Waals surface area contributed by atoms with Gasteiger partial charge in [0, 0.05) is 30.3 Å². The van der Waals surface area contributed by atoms with Crippen LogP contribution in [0.2, 0.25) is 0 Å². The quantitative estimate of drug-likeness (QED) is 0.368. The highest BCUT2D eigenvalue weighted by molar-refractivity contribution is 7.91. The molecule has 2 N–H and O–H groups in total. The normalized spacial score (nSPS) is 18.1. The van der Waals surface area contributed by atoms with E-state index >= 15 is 0 Å². The van der Waals surface area contributed by atoms with Gasteiger partial charge in [-0.05, 0) is 79.9 Å². The Balaban J connectivity index is 1.44. The van der Waals surface area contributed by atoms with Crippen LogP contribution in [-0.4, -0.2) is 43.4 Å². The Morgan fingerprint density at radius 1 is 0.975 bits per heavy atom. The van der Waals surface area contributed by atoms with E-state index in [1.807, 2.05) is 4.90 Å². The first-order valence-corrected chi connectivity index (χ1v) is 14.7. The lowest BCUT2D eigenvalue weighted by atomic mass is 9.90. The molecule has 10 heteroatoms. The standard InChI is InChI=1S/C30H33F3N2O4S/c1-4-40(38,39)26-15-5-20(6-16-26)18-34-28(36)22-9-13-25(14-10-22)35-19-23(17-27(35)29(2,3)37)21-7-11-24(12-8-21)30(31,32)33/h5-16,23,27,37H,4,17-19H2,1-3H3,(H,34,36). The number of nitrogens with one attached hydrogen (secondary N) is 1. The van der Waals surface area contributed by atoms with Gasteiger partial charge in [-0.2, -0.15) is 13.2 Å². The van der Waals surface area contributed by atoms with Gasteiger partial charge in [0.1, 0.15) is 0 Å². The topological polar surface area (TPSA) is 86.7 Å². The molecule has 0 aromatic heterocycles. The number of aliphatic hydroxyl groups is 1. The molecule has 0 saturated carbocycles. The lowest BCUT2D eigenvalue weighted by molar-refractivity contribution is -0.137. The molecule has 1 fully saturated rings. The third-order valence-corrected chi connectivity index (χ3v) is 9.15. The van der Waals surface area contributed by atoms with E-state index in [1.54, 1.807) is 57.2 Å². The van der Waals surface area contributed by atoms with Crippen LogP contribution in [0.1, 0.15) is 60.2 Å². The maximum Gasteiger partial charge on any atom is 0.416 e. The zero-order valence-corrected chi connectivity index (χ0v) is 23.4. The third-order valence-electron chi connectivity index (χ3n) is 7.40.